The average molecular weight is 375 g/mol. The lowest BCUT2D eigenvalue weighted by Crippen LogP contribution is -2.13. The Balaban J connectivity index is 1.65. The Morgan fingerprint density at radius 1 is 0.964 bits per heavy atom. The molecular weight excluding hydrogens is 350 g/mol. The molecule has 0 fully saturated rings. The molecule has 0 aliphatic carbocycles. The highest BCUT2D eigenvalue weighted by atomic mass is 16.5. The quantitative estimate of drug-likeness (QED) is 0.589. The number of hydrogen-bond acceptors (Lipinski definition) is 4. The van der Waals surface area contributed by atoms with Crippen LogP contribution >= 0.6 is 0 Å². The molecule has 1 atom stereocenters. The van der Waals surface area contributed by atoms with Crippen molar-refractivity contribution in [2.45, 2.75) is 32.9 Å². The fourth-order valence-corrected chi connectivity index (χ4v) is 2.79. The number of nitrogens with zero attached hydrogens (tertiary/aromatic N) is 1. The zero-order valence-electron chi connectivity index (χ0n) is 16.3. The van der Waals surface area contributed by atoms with Gasteiger partial charge in [-0.15, -0.1) is 0 Å². The predicted molar refractivity (Wildman–Crippen MR) is 113 cm³/mol. The van der Waals surface area contributed by atoms with Gasteiger partial charge >= 0.3 is 0 Å². The van der Waals surface area contributed by atoms with E-state index in [1.54, 1.807) is 18.3 Å². The van der Waals surface area contributed by atoms with Gasteiger partial charge in [-0.2, -0.15) is 0 Å². The van der Waals surface area contributed by atoms with E-state index in [9.17, 15) is 4.79 Å². The predicted octanol–water partition coefficient (Wildman–Crippen LogP) is 5.29. The molecule has 5 nitrogen and oxygen atoms in total. The van der Waals surface area contributed by atoms with Crippen LogP contribution in [0.3, 0.4) is 0 Å². The van der Waals surface area contributed by atoms with Crippen LogP contribution in [0.2, 0.25) is 0 Å². The van der Waals surface area contributed by atoms with E-state index in [0.717, 1.165) is 11.3 Å². The topological polar surface area (TPSA) is 63.2 Å². The molecule has 1 amide bonds. The van der Waals surface area contributed by atoms with E-state index in [0.29, 0.717) is 17.1 Å². The van der Waals surface area contributed by atoms with Gasteiger partial charge < -0.3 is 15.4 Å². The summed E-state index contributed by atoms with van der Waals surface area (Å²) >= 11 is 0. The third-order valence-electron chi connectivity index (χ3n) is 4.17. The van der Waals surface area contributed by atoms with E-state index in [1.807, 2.05) is 56.3 Å². The summed E-state index contributed by atoms with van der Waals surface area (Å²) in [5.74, 6) is 1.25. The van der Waals surface area contributed by atoms with Gasteiger partial charge in [-0.05, 0) is 62.7 Å². The molecule has 2 N–H and O–H groups in total. The van der Waals surface area contributed by atoms with Crippen LogP contribution in [0, 0.1) is 0 Å². The lowest BCUT2D eigenvalue weighted by molar-refractivity contribution is 0.102. The summed E-state index contributed by atoms with van der Waals surface area (Å²) in [6, 6.07) is 21.0. The Morgan fingerprint density at radius 2 is 1.68 bits per heavy atom. The number of nitrogens with one attached hydrogen (secondary N) is 2. The van der Waals surface area contributed by atoms with Crippen LogP contribution in [0.1, 0.15) is 42.7 Å². The molecular formula is C23H25N3O2. The third-order valence-corrected chi connectivity index (χ3v) is 4.17. The molecule has 0 saturated heterocycles. The van der Waals surface area contributed by atoms with Gasteiger partial charge in [0.15, 0.2) is 0 Å². The number of aromatic nitrogens is 1. The maximum atomic E-state index is 12.6. The molecule has 0 aliphatic rings. The van der Waals surface area contributed by atoms with Gasteiger partial charge in [0, 0.05) is 23.5 Å². The van der Waals surface area contributed by atoms with E-state index in [4.69, 9.17) is 4.74 Å². The van der Waals surface area contributed by atoms with Gasteiger partial charge in [0.25, 0.3) is 5.91 Å². The molecule has 0 radical (unpaired) electrons. The van der Waals surface area contributed by atoms with E-state index in [1.165, 1.54) is 0 Å². The summed E-state index contributed by atoms with van der Waals surface area (Å²) in [7, 11) is 0. The second-order valence-electron chi connectivity index (χ2n) is 6.85. The van der Waals surface area contributed by atoms with Crippen molar-refractivity contribution < 1.29 is 9.53 Å². The first kappa shape index (κ1) is 19.4. The van der Waals surface area contributed by atoms with Gasteiger partial charge in [0.1, 0.15) is 11.6 Å². The van der Waals surface area contributed by atoms with Crippen LogP contribution in [-0.2, 0) is 0 Å². The number of hydrogen-bond donors (Lipinski definition) is 2. The number of ether oxygens (including phenoxy) is 1. The first-order chi connectivity index (χ1) is 13.5. The number of carbonyl (C=O) groups excluding carboxylic acids is 1. The highest BCUT2D eigenvalue weighted by molar-refractivity contribution is 6.04. The Kier molecular flexibility index (Phi) is 6.27. The van der Waals surface area contributed by atoms with Gasteiger partial charge in [-0.25, -0.2) is 4.98 Å². The largest absolute Gasteiger partial charge is 0.491 e. The number of amides is 1. The molecule has 0 aliphatic heterocycles. The first-order valence-corrected chi connectivity index (χ1v) is 9.37. The molecule has 3 rings (SSSR count). The minimum atomic E-state index is -0.185. The zero-order valence-corrected chi connectivity index (χ0v) is 16.3. The van der Waals surface area contributed by atoms with E-state index in [2.05, 4.69) is 34.7 Å². The minimum absolute atomic E-state index is 0.0838. The smallest absolute Gasteiger partial charge is 0.255 e. The fraction of sp³-hybridized carbons (Fsp3) is 0.217. The van der Waals surface area contributed by atoms with Crippen molar-refractivity contribution in [1.29, 1.82) is 0 Å². The van der Waals surface area contributed by atoms with Crippen LogP contribution in [0.5, 0.6) is 5.75 Å². The fourth-order valence-electron chi connectivity index (χ4n) is 2.79. The number of carbonyl (C=O) groups is 1. The number of rotatable bonds is 7. The SMILES string of the molecule is CC(C)Oc1ccc(NC(=O)c2ccnc(NC(C)c3ccccc3)c2)cc1. The van der Waals surface area contributed by atoms with Crippen molar-refractivity contribution in [2.24, 2.45) is 0 Å². The summed E-state index contributed by atoms with van der Waals surface area (Å²) in [5, 5.41) is 6.24. The summed E-state index contributed by atoms with van der Waals surface area (Å²) in [5.41, 5.74) is 2.41. The van der Waals surface area contributed by atoms with Crippen molar-refractivity contribution in [2.75, 3.05) is 10.6 Å². The molecule has 3 aromatic rings. The summed E-state index contributed by atoms with van der Waals surface area (Å²) in [4.78, 5) is 16.9. The summed E-state index contributed by atoms with van der Waals surface area (Å²) in [6.45, 7) is 6.01. The van der Waals surface area contributed by atoms with E-state index >= 15 is 0 Å². The number of anilines is 2. The lowest BCUT2D eigenvalue weighted by atomic mass is 10.1. The van der Waals surface area contributed by atoms with Gasteiger partial charge in [0.2, 0.25) is 0 Å². The Labute approximate surface area is 165 Å². The molecule has 1 heterocycles. The minimum Gasteiger partial charge on any atom is -0.491 e. The van der Waals surface area contributed by atoms with Crippen LogP contribution in [0.15, 0.2) is 72.9 Å². The maximum Gasteiger partial charge on any atom is 0.255 e. The van der Waals surface area contributed by atoms with Gasteiger partial charge in [-0.3, -0.25) is 4.79 Å². The van der Waals surface area contributed by atoms with Crippen molar-refractivity contribution in [3.05, 3.63) is 84.1 Å². The highest BCUT2D eigenvalue weighted by Crippen LogP contribution is 2.20. The zero-order chi connectivity index (χ0) is 19.9. The molecule has 144 valence electrons. The summed E-state index contributed by atoms with van der Waals surface area (Å²) < 4.78 is 5.62. The average Bonchev–Trinajstić information content (AvgIpc) is 2.70. The van der Waals surface area contributed by atoms with Crippen LogP contribution < -0.4 is 15.4 Å². The number of benzene rings is 2. The molecule has 1 aromatic heterocycles. The third kappa shape index (κ3) is 5.33. The first-order valence-electron chi connectivity index (χ1n) is 9.37. The van der Waals surface area contributed by atoms with Gasteiger partial charge in [0.05, 0.1) is 6.10 Å². The van der Waals surface area contributed by atoms with Gasteiger partial charge in [-0.1, -0.05) is 30.3 Å². The van der Waals surface area contributed by atoms with Crippen LogP contribution in [-0.4, -0.2) is 17.0 Å². The second-order valence-corrected chi connectivity index (χ2v) is 6.85. The van der Waals surface area contributed by atoms with E-state index in [-0.39, 0.29) is 18.1 Å². The molecule has 1 unspecified atom stereocenters. The van der Waals surface area contributed by atoms with Crippen molar-refractivity contribution >= 4 is 17.4 Å². The normalized spacial score (nSPS) is 11.7. The molecule has 0 spiro atoms. The van der Waals surface area contributed by atoms with Crippen LogP contribution in [0.25, 0.3) is 0 Å². The summed E-state index contributed by atoms with van der Waals surface area (Å²) in [6.07, 6.45) is 1.75. The van der Waals surface area contributed by atoms with E-state index < -0.39 is 0 Å². The highest BCUT2D eigenvalue weighted by Gasteiger charge is 2.10. The van der Waals surface area contributed by atoms with Crippen molar-refractivity contribution in [1.82, 2.24) is 4.98 Å². The Hall–Kier alpha value is -3.34. The lowest BCUT2D eigenvalue weighted by Gasteiger charge is -2.15. The van der Waals surface area contributed by atoms with Crippen molar-refractivity contribution in [3.8, 4) is 5.75 Å². The molecule has 5 heteroatoms. The Morgan fingerprint density at radius 3 is 2.36 bits per heavy atom. The number of pyridine rings is 1. The Bertz CT molecular complexity index is 909. The monoisotopic (exact) mass is 375 g/mol. The molecule has 0 saturated carbocycles. The van der Waals surface area contributed by atoms with Crippen molar-refractivity contribution in [3.63, 3.8) is 0 Å². The van der Waals surface area contributed by atoms with Crippen LogP contribution in [0.4, 0.5) is 11.5 Å². The molecule has 2 aromatic carbocycles. The molecule has 0 bridgehead atoms. The molecule has 28 heavy (non-hydrogen) atoms. The second kappa shape index (κ2) is 9.04. The maximum absolute atomic E-state index is 12.6. The standard InChI is InChI=1S/C23H25N3O2/c1-16(2)28-21-11-9-20(10-12-21)26-23(27)19-13-14-24-22(15-19)25-17(3)18-7-5-4-6-8-18/h4-17H,1-3H3,(H,24,25)(H,26,27).